The number of aliphatic hydroxyl groups excluding tert-OH is 2. The summed E-state index contributed by atoms with van der Waals surface area (Å²) in [6, 6.07) is -1.01. The molecule has 0 bridgehead atoms. The summed E-state index contributed by atoms with van der Waals surface area (Å²) in [6.45, 7) is 9.10. The van der Waals surface area contributed by atoms with Crippen LogP contribution >= 0.6 is 21.0 Å². The molecule has 2 aliphatic carbocycles. The number of ether oxygens (including phenoxy) is 1. The average molecular weight is 626 g/mol. The van der Waals surface area contributed by atoms with E-state index < -0.39 is 35.9 Å². The summed E-state index contributed by atoms with van der Waals surface area (Å²) in [5, 5.41) is 33.6. The molecule has 2 fully saturated rings. The van der Waals surface area contributed by atoms with E-state index in [2.05, 4.69) is 20.4 Å². The first-order chi connectivity index (χ1) is 16.9. The van der Waals surface area contributed by atoms with Gasteiger partial charge >= 0.3 is 12.1 Å². The highest BCUT2D eigenvalue weighted by Gasteiger charge is 2.33. The Morgan fingerprint density at radius 3 is 2.06 bits per heavy atom. The van der Waals surface area contributed by atoms with Crippen LogP contribution in [0.25, 0.3) is 0 Å². The molecule has 0 aromatic heterocycles. The molecule has 5 N–H and O–H groups in total. The minimum atomic E-state index is -1.60. The van der Waals surface area contributed by atoms with Crippen molar-refractivity contribution in [1.29, 1.82) is 0 Å². The fraction of sp³-hybridized carbons (Fsp3) is 0.800. The van der Waals surface area contributed by atoms with Gasteiger partial charge in [0, 0.05) is 6.54 Å². The molecule has 10 nitrogen and oxygen atoms in total. The Morgan fingerprint density at radius 1 is 1.08 bits per heavy atom. The number of hydrogen-bond acceptors (Lipinski definition) is 7. The van der Waals surface area contributed by atoms with Crippen molar-refractivity contribution in [1.82, 2.24) is 10.6 Å². The molecule has 4 atom stereocenters. The van der Waals surface area contributed by atoms with Crippen molar-refractivity contribution in [2.24, 2.45) is 15.0 Å². The van der Waals surface area contributed by atoms with Crippen molar-refractivity contribution in [2.45, 2.75) is 102 Å². The molecule has 0 spiro atoms. The number of carboxylic acid groups (broad SMARTS) is 1. The molecule has 0 aromatic carbocycles. The first-order valence-electron chi connectivity index (χ1n) is 12.5. The number of carboxylic acids is 1. The number of aliphatic carboxylic acids is 1. The van der Waals surface area contributed by atoms with E-state index in [0.717, 1.165) is 25.7 Å². The number of alkyl halides is 1. The van der Waals surface area contributed by atoms with Crippen LogP contribution in [0.1, 0.15) is 72.1 Å². The van der Waals surface area contributed by atoms with Gasteiger partial charge in [0.2, 0.25) is 0 Å². The van der Waals surface area contributed by atoms with Crippen LogP contribution in [0.4, 0.5) is 4.79 Å². The largest absolute Gasteiger partial charge is 0.479 e. The van der Waals surface area contributed by atoms with Crippen LogP contribution in [-0.4, -0.2) is 74.7 Å². The van der Waals surface area contributed by atoms with E-state index in [-0.39, 0.29) is 33.0 Å². The highest BCUT2D eigenvalue weighted by molar-refractivity contribution is 14.2. The zero-order valence-corrected chi connectivity index (χ0v) is 24.1. The van der Waals surface area contributed by atoms with Crippen molar-refractivity contribution in [3.8, 4) is 0 Å². The van der Waals surface area contributed by atoms with Crippen molar-refractivity contribution < 1.29 is 34.4 Å². The number of carbonyl (C=O) groups excluding carboxylic acids is 2. The minimum absolute atomic E-state index is 0.206. The SMILES string of the molecule is C=CCNC(=O)C(O)C(CC1CCC1)N=IC.CC(C)(C)OC(=O)NC(CC1CCC1)C(O)C(=O)O. The summed E-state index contributed by atoms with van der Waals surface area (Å²) >= 11 is -0.254. The van der Waals surface area contributed by atoms with E-state index in [1.54, 1.807) is 26.8 Å². The molecule has 0 heterocycles. The van der Waals surface area contributed by atoms with Crippen LogP contribution in [0, 0.1) is 11.8 Å². The molecule has 2 amide bonds. The molecule has 0 aromatic rings. The number of amides is 2. The maximum absolute atomic E-state index is 11.6. The second-order valence-corrected chi connectivity index (χ2v) is 11.9. The summed E-state index contributed by atoms with van der Waals surface area (Å²) in [6.07, 6.45) is 6.49. The van der Waals surface area contributed by atoms with Gasteiger partial charge in [-0.2, -0.15) is 0 Å². The van der Waals surface area contributed by atoms with E-state index in [1.165, 1.54) is 19.3 Å². The molecule has 2 saturated carbocycles. The normalized spacial score (nSPS) is 19.6. The van der Waals surface area contributed by atoms with E-state index in [0.29, 0.717) is 24.8 Å². The minimum Gasteiger partial charge on any atom is -0.479 e. The maximum atomic E-state index is 11.6. The Kier molecular flexibility index (Phi) is 14.7. The molecule has 2 aliphatic rings. The fourth-order valence-corrected chi connectivity index (χ4v) is 5.10. The Hall–Kier alpha value is -1.60. The third kappa shape index (κ3) is 12.6. The van der Waals surface area contributed by atoms with E-state index >= 15 is 0 Å². The summed E-state index contributed by atoms with van der Waals surface area (Å²) in [7, 11) is 0. The highest BCUT2D eigenvalue weighted by Crippen LogP contribution is 2.33. The summed E-state index contributed by atoms with van der Waals surface area (Å²) in [4.78, 5) is 36.2. The summed E-state index contributed by atoms with van der Waals surface area (Å²) in [5.74, 6) is -0.633. The van der Waals surface area contributed by atoms with Gasteiger partial charge in [0.1, 0.15) is 5.60 Å². The maximum Gasteiger partial charge on any atom is 0.407 e. The second kappa shape index (κ2) is 16.3. The lowest BCUT2D eigenvalue weighted by Crippen LogP contribution is -2.49. The lowest BCUT2D eigenvalue weighted by Gasteiger charge is -2.31. The van der Waals surface area contributed by atoms with Crippen LogP contribution < -0.4 is 10.6 Å². The van der Waals surface area contributed by atoms with E-state index in [4.69, 9.17) is 9.84 Å². The summed E-state index contributed by atoms with van der Waals surface area (Å²) in [5.41, 5.74) is -0.653. The lowest BCUT2D eigenvalue weighted by atomic mass is 9.80. The van der Waals surface area contributed by atoms with Crippen LogP contribution in [0.2, 0.25) is 0 Å². The van der Waals surface area contributed by atoms with Crippen molar-refractivity contribution in [2.75, 3.05) is 11.5 Å². The number of nitrogens with one attached hydrogen (secondary N) is 2. The number of rotatable bonds is 12. The Bertz CT molecular complexity index is 748. The van der Waals surface area contributed by atoms with Gasteiger partial charge in [-0.25, -0.2) is 9.59 Å². The molecule has 11 heteroatoms. The molecule has 208 valence electrons. The Balaban J connectivity index is 0.000000362. The highest BCUT2D eigenvalue weighted by atomic mass is 127. The Morgan fingerprint density at radius 2 is 1.64 bits per heavy atom. The van der Waals surface area contributed by atoms with Crippen LogP contribution in [-0.2, 0) is 14.3 Å². The predicted octanol–water partition coefficient (Wildman–Crippen LogP) is 3.51. The Labute approximate surface area is 224 Å². The van der Waals surface area contributed by atoms with Gasteiger partial charge in [0.25, 0.3) is 5.91 Å². The summed E-state index contributed by atoms with van der Waals surface area (Å²) < 4.78 is 9.53. The molecule has 2 rings (SSSR count). The van der Waals surface area contributed by atoms with Gasteiger partial charge in [0.05, 0.1) is 12.1 Å². The molecular weight excluding hydrogens is 581 g/mol. The molecule has 0 aliphatic heterocycles. The molecular formula is C25H44IN3O7. The molecule has 0 radical (unpaired) electrons. The van der Waals surface area contributed by atoms with Gasteiger partial charge in [-0.05, 0) is 71.4 Å². The van der Waals surface area contributed by atoms with E-state index in [9.17, 15) is 24.6 Å². The first kappa shape index (κ1) is 32.4. The number of nitrogens with zero attached hydrogens (tertiary/aromatic N) is 1. The van der Waals surface area contributed by atoms with Gasteiger partial charge in [-0.15, -0.1) is 6.58 Å². The molecule has 36 heavy (non-hydrogen) atoms. The van der Waals surface area contributed by atoms with Gasteiger partial charge in [-0.3, -0.25) is 7.94 Å². The van der Waals surface area contributed by atoms with Crippen LogP contribution in [0.3, 0.4) is 0 Å². The lowest BCUT2D eigenvalue weighted by molar-refractivity contribution is -0.148. The van der Waals surface area contributed by atoms with Crippen LogP contribution in [0.5, 0.6) is 0 Å². The zero-order chi connectivity index (χ0) is 27.3. The third-order valence-corrected chi connectivity index (χ3v) is 7.50. The van der Waals surface area contributed by atoms with Gasteiger partial charge < -0.3 is 30.7 Å². The third-order valence-electron chi connectivity index (χ3n) is 6.22. The number of aliphatic hydroxyl groups is 2. The number of halogens is 1. The number of carbonyl (C=O) groups is 3. The van der Waals surface area contributed by atoms with Gasteiger partial charge in [-0.1, -0.05) is 44.6 Å². The topological polar surface area (TPSA) is 158 Å². The quantitative estimate of drug-likeness (QED) is 0.126. The zero-order valence-electron chi connectivity index (χ0n) is 21.9. The predicted molar refractivity (Wildman–Crippen MR) is 146 cm³/mol. The fourth-order valence-electron chi connectivity index (χ4n) is 3.85. The van der Waals surface area contributed by atoms with Crippen molar-refractivity contribution in [3.05, 3.63) is 12.7 Å². The smallest absolute Gasteiger partial charge is 0.407 e. The van der Waals surface area contributed by atoms with Crippen molar-refractivity contribution in [3.63, 3.8) is 0 Å². The molecule has 4 unspecified atom stereocenters. The monoisotopic (exact) mass is 625 g/mol. The number of hydrogen-bond donors (Lipinski definition) is 5. The van der Waals surface area contributed by atoms with Crippen LogP contribution in [0.15, 0.2) is 15.8 Å². The van der Waals surface area contributed by atoms with Gasteiger partial charge in [0.15, 0.2) is 12.2 Å². The van der Waals surface area contributed by atoms with E-state index in [1.807, 2.05) is 4.93 Å². The number of alkyl carbamates (subject to hydrolysis) is 1. The first-order valence-corrected chi connectivity index (χ1v) is 15.7. The molecule has 0 saturated heterocycles. The van der Waals surface area contributed by atoms with Crippen molar-refractivity contribution >= 4 is 39.0 Å². The average Bonchev–Trinajstić information content (AvgIpc) is 2.73. The second-order valence-electron chi connectivity index (χ2n) is 10.4. The standard InChI is InChI=1S/C13H23NO5.C12H21IN2O2/c1-13(2,3)19-12(18)14-9(10(15)11(16)17)7-8-5-4-6-8;1-3-7-14-12(17)11(16)10(15-13-2)8-9-5-4-6-9/h8-10,15H,4-7H2,1-3H3,(H,14,18)(H,16,17);3,9-11,16H,1,4-8H2,2H3,(H,14,17).